The Bertz CT molecular complexity index is 945. The molecule has 0 aliphatic heterocycles. The van der Waals surface area contributed by atoms with Crippen LogP contribution in [-0.4, -0.2) is 17.2 Å². The van der Waals surface area contributed by atoms with Gasteiger partial charge in [0.05, 0.1) is 12.2 Å². The Morgan fingerprint density at radius 3 is 1.96 bits per heavy atom. The molecule has 146 valence electrons. The summed E-state index contributed by atoms with van der Waals surface area (Å²) in [6, 6.07) is 15.0. The van der Waals surface area contributed by atoms with Crippen molar-refractivity contribution in [2.24, 2.45) is 0 Å². The summed E-state index contributed by atoms with van der Waals surface area (Å²) in [5.74, 6) is 1.98. The molecular formula is C25H29NO2. The summed E-state index contributed by atoms with van der Waals surface area (Å²) in [6.45, 7) is 2.19. The van der Waals surface area contributed by atoms with Gasteiger partial charge in [-0.3, -0.25) is 0 Å². The van der Waals surface area contributed by atoms with Crippen molar-refractivity contribution < 1.29 is 9.47 Å². The van der Waals surface area contributed by atoms with Gasteiger partial charge in [0, 0.05) is 16.6 Å². The van der Waals surface area contributed by atoms with Crippen LogP contribution in [0.1, 0.15) is 56.9 Å². The predicted octanol–water partition coefficient (Wildman–Crippen LogP) is 6.79. The Morgan fingerprint density at radius 1 is 0.750 bits per heavy atom. The van der Waals surface area contributed by atoms with E-state index in [1.54, 1.807) is 0 Å². The maximum Gasteiger partial charge on any atom is 0.120 e. The SMILES string of the molecule is Cc1c(-c2ccc(OC3CCCC3)cc2)[nH]c2ccc(OC3CCCC3)cc12. The summed E-state index contributed by atoms with van der Waals surface area (Å²) in [7, 11) is 0. The minimum absolute atomic E-state index is 0.392. The standard InChI is InChI=1S/C25H29NO2/c1-17-23-16-22(28-20-8-4-5-9-20)14-15-24(23)26-25(17)18-10-12-21(13-11-18)27-19-6-2-3-7-19/h10-16,19-20,26H,2-9H2,1H3. The van der Waals surface area contributed by atoms with Crippen molar-refractivity contribution in [2.45, 2.75) is 70.5 Å². The molecule has 0 atom stereocenters. The summed E-state index contributed by atoms with van der Waals surface area (Å²) in [5.41, 5.74) is 4.82. The van der Waals surface area contributed by atoms with E-state index in [1.165, 1.54) is 73.6 Å². The average molecular weight is 376 g/mol. The van der Waals surface area contributed by atoms with E-state index < -0.39 is 0 Å². The molecule has 0 spiro atoms. The minimum Gasteiger partial charge on any atom is -0.490 e. The zero-order valence-corrected chi connectivity index (χ0v) is 16.7. The number of fused-ring (bicyclic) bond motifs is 1. The molecule has 1 aromatic heterocycles. The summed E-state index contributed by atoms with van der Waals surface area (Å²) in [5, 5.41) is 1.25. The van der Waals surface area contributed by atoms with Gasteiger partial charge in [0.1, 0.15) is 11.5 Å². The highest BCUT2D eigenvalue weighted by Gasteiger charge is 2.18. The topological polar surface area (TPSA) is 34.2 Å². The monoisotopic (exact) mass is 375 g/mol. The van der Waals surface area contributed by atoms with Crippen molar-refractivity contribution in [1.29, 1.82) is 0 Å². The van der Waals surface area contributed by atoms with Crippen LogP contribution in [0.3, 0.4) is 0 Å². The molecule has 2 saturated carbocycles. The normalized spacial score (nSPS) is 18.2. The molecule has 3 aromatic rings. The molecule has 1 heterocycles. The molecule has 2 aliphatic rings. The maximum atomic E-state index is 6.20. The fourth-order valence-corrected chi connectivity index (χ4v) is 4.77. The number of nitrogens with one attached hydrogen (secondary N) is 1. The van der Waals surface area contributed by atoms with Crippen LogP contribution < -0.4 is 9.47 Å². The van der Waals surface area contributed by atoms with Crippen LogP contribution in [0.2, 0.25) is 0 Å². The second kappa shape index (κ2) is 7.54. The fraction of sp³-hybridized carbons (Fsp3) is 0.440. The number of aryl methyl sites for hydroxylation is 1. The van der Waals surface area contributed by atoms with Gasteiger partial charge in [-0.1, -0.05) is 0 Å². The smallest absolute Gasteiger partial charge is 0.120 e. The van der Waals surface area contributed by atoms with Crippen LogP contribution in [0.15, 0.2) is 42.5 Å². The highest BCUT2D eigenvalue weighted by Crippen LogP contribution is 2.34. The van der Waals surface area contributed by atoms with E-state index in [9.17, 15) is 0 Å². The first kappa shape index (κ1) is 17.7. The summed E-state index contributed by atoms with van der Waals surface area (Å²) in [4.78, 5) is 3.60. The maximum absolute atomic E-state index is 6.20. The molecule has 5 rings (SSSR count). The van der Waals surface area contributed by atoms with Crippen molar-refractivity contribution in [1.82, 2.24) is 4.98 Å². The first-order valence-electron chi connectivity index (χ1n) is 10.8. The van der Waals surface area contributed by atoms with Gasteiger partial charge in [-0.15, -0.1) is 0 Å². The number of aromatic amines is 1. The van der Waals surface area contributed by atoms with Gasteiger partial charge in [-0.25, -0.2) is 0 Å². The molecule has 0 saturated heterocycles. The molecule has 2 aromatic carbocycles. The number of aromatic nitrogens is 1. The van der Waals surface area contributed by atoms with E-state index in [4.69, 9.17) is 9.47 Å². The van der Waals surface area contributed by atoms with Crippen LogP contribution in [0.25, 0.3) is 22.2 Å². The van der Waals surface area contributed by atoms with Crippen LogP contribution in [-0.2, 0) is 0 Å². The lowest BCUT2D eigenvalue weighted by molar-refractivity contribution is 0.210. The largest absolute Gasteiger partial charge is 0.490 e. The average Bonchev–Trinajstić information content (AvgIpc) is 3.46. The molecular weight excluding hydrogens is 346 g/mol. The number of hydrogen-bond acceptors (Lipinski definition) is 2. The van der Waals surface area contributed by atoms with Crippen LogP contribution in [0.4, 0.5) is 0 Å². The molecule has 2 fully saturated rings. The molecule has 3 heteroatoms. The van der Waals surface area contributed by atoms with Gasteiger partial charge in [-0.05, 0) is 112 Å². The minimum atomic E-state index is 0.392. The van der Waals surface area contributed by atoms with Crippen molar-refractivity contribution in [3.8, 4) is 22.8 Å². The molecule has 0 amide bonds. The van der Waals surface area contributed by atoms with E-state index in [1.807, 2.05) is 0 Å². The quantitative estimate of drug-likeness (QED) is 0.533. The van der Waals surface area contributed by atoms with Crippen LogP contribution in [0.5, 0.6) is 11.5 Å². The van der Waals surface area contributed by atoms with Crippen LogP contribution in [0, 0.1) is 6.92 Å². The van der Waals surface area contributed by atoms with Crippen molar-refractivity contribution in [3.05, 3.63) is 48.0 Å². The highest BCUT2D eigenvalue weighted by atomic mass is 16.5. The lowest BCUT2D eigenvalue weighted by Gasteiger charge is -2.13. The van der Waals surface area contributed by atoms with Gasteiger partial charge < -0.3 is 14.5 Å². The van der Waals surface area contributed by atoms with E-state index in [2.05, 4.69) is 54.4 Å². The fourth-order valence-electron chi connectivity index (χ4n) is 4.77. The van der Waals surface area contributed by atoms with Gasteiger partial charge in [-0.2, -0.15) is 0 Å². The number of hydrogen-bond donors (Lipinski definition) is 1. The molecule has 0 radical (unpaired) electrons. The Labute approximate surface area is 167 Å². The van der Waals surface area contributed by atoms with Gasteiger partial charge in [0.2, 0.25) is 0 Å². The van der Waals surface area contributed by atoms with Gasteiger partial charge in [0.15, 0.2) is 0 Å². The second-order valence-corrected chi connectivity index (χ2v) is 8.41. The number of ether oxygens (including phenoxy) is 2. The van der Waals surface area contributed by atoms with Gasteiger partial charge in [0.25, 0.3) is 0 Å². The second-order valence-electron chi connectivity index (χ2n) is 8.41. The van der Waals surface area contributed by atoms with Crippen molar-refractivity contribution in [2.75, 3.05) is 0 Å². The molecule has 0 unspecified atom stereocenters. The molecule has 0 bridgehead atoms. The third kappa shape index (κ3) is 3.50. The van der Waals surface area contributed by atoms with Gasteiger partial charge >= 0.3 is 0 Å². The lowest BCUT2D eigenvalue weighted by Crippen LogP contribution is -2.10. The Balaban J connectivity index is 1.38. The van der Waals surface area contributed by atoms with Crippen molar-refractivity contribution in [3.63, 3.8) is 0 Å². The number of benzene rings is 2. The molecule has 3 nitrogen and oxygen atoms in total. The first-order valence-corrected chi connectivity index (χ1v) is 10.8. The number of rotatable bonds is 5. The molecule has 28 heavy (non-hydrogen) atoms. The van der Waals surface area contributed by atoms with E-state index >= 15 is 0 Å². The zero-order valence-electron chi connectivity index (χ0n) is 16.7. The highest BCUT2D eigenvalue weighted by molar-refractivity contribution is 5.91. The zero-order chi connectivity index (χ0) is 18.9. The van der Waals surface area contributed by atoms with Crippen LogP contribution >= 0.6 is 0 Å². The Kier molecular flexibility index (Phi) is 4.76. The predicted molar refractivity (Wildman–Crippen MR) is 114 cm³/mol. The Hall–Kier alpha value is -2.42. The third-order valence-corrected chi connectivity index (χ3v) is 6.38. The third-order valence-electron chi connectivity index (χ3n) is 6.38. The summed E-state index contributed by atoms with van der Waals surface area (Å²) < 4.78 is 12.3. The first-order chi connectivity index (χ1) is 13.8. The number of H-pyrrole nitrogens is 1. The van der Waals surface area contributed by atoms with E-state index in [0.29, 0.717) is 12.2 Å². The van der Waals surface area contributed by atoms with Crippen molar-refractivity contribution >= 4 is 10.9 Å². The van der Waals surface area contributed by atoms with E-state index in [-0.39, 0.29) is 0 Å². The Morgan fingerprint density at radius 2 is 1.32 bits per heavy atom. The summed E-state index contributed by atoms with van der Waals surface area (Å²) >= 11 is 0. The summed E-state index contributed by atoms with van der Waals surface area (Å²) in [6.07, 6.45) is 10.7. The molecule has 1 N–H and O–H groups in total. The van der Waals surface area contributed by atoms with E-state index in [0.717, 1.165) is 17.0 Å². The lowest BCUT2D eigenvalue weighted by atomic mass is 10.1. The molecule has 2 aliphatic carbocycles.